The smallest absolute Gasteiger partial charge is 0.221 e. The quantitative estimate of drug-likeness (QED) is 0.648. The summed E-state index contributed by atoms with van der Waals surface area (Å²) in [6.07, 6.45) is 0. The molecule has 0 aliphatic rings. The lowest BCUT2D eigenvalue weighted by Crippen LogP contribution is -2.13. The van der Waals surface area contributed by atoms with E-state index in [-0.39, 0.29) is 16.9 Å². The van der Waals surface area contributed by atoms with Crippen LogP contribution in [-0.4, -0.2) is 27.1 Å². The van der Waals surface area contributed by atoms with Gasteiger partial charge in [0.2, 0.25) is 11.0 Å². The maximum Gasteiger partial charge on any atom is 0.221 e. The molecule has 0 aliphatic carbocycles. The predicted octanol–water partition coefficient (Wildman–Crippen LogP) is 2.44. The number of aromatic nitrogens is 2. The molecule has 6 nitrogen and oxygen atoms in total. The van der Waals surface area contributed by atoms with E-state index in [2.05, 4.69) is 15.5 Å². The van der Waals surface area contributed by atoms with Crippen LogP contribution >= 0.6 is 23.1 Å². The summed E-state index contributed by atoms with van der Waals surface area (Å²) in [5.74, 6) is -0.157. The van der Waals surface area contributed by atoms with Gasteiger partial charge in [-0.15, -0.1) is 10.2 Å². The first-order valence-electron chi connectivity index (χ1n) is 6.13. The van der Waals surface area contributed by atoms with E-state index < -0.39 is 0 Å². The highest BCUT2D eigenvalue weighted by molar-refractivity contribution is 8.02. The van der Waals surface area contributed by atoms with E-state index in [1.165, 1.54) is 30.0 Å². The average molecular weight is 322 g/mol. The van der Waals surface area contributed by atoms with Gasteiger partial charge >= 0.3 is 0 Å². The Morgan fingerprint density at radius 3 is 2.48 bits per heavy atom. The second-order valence-corrected chi connectivity index (χ2v) is 6.89. The number of hydrogen-bond acceptors (Lipinski definition) is 7. The maximum absolute atomic E-state index is 12.3. The van der Waals surface area contributed by atoms with Crippen LogP contribution in [0.4, 0.5) is 10.8 Å². The van der Waals surface area contributed by atoms with Crippen molar-refractivity contribution in [3.63, 3.8) is 0 Å². The van der Waals surface area contributed by atoms with Crippen LogP contribution in [0.5, 0.6) is 0 Å². The van der Waals surface area contributed by atoms with E-state index in [9.17, 15) is 9.59 Å². The number of anilines is 2. The van der Waals surface area contributed by atoms with Crippen LogP contribution < -0.4 is 11.1 Å². The van der Waals surface area contributed by atoms with Gasteiger partial charge in [-0.3, -0.25) is 9.59 Å². The van der Waals surface area contributed by atoms with Crippen molar-refractivity contribution in [2.75, 3.05) is 11.1 Å². The second kappa shape index (κ2) is 6.68. The Hall–Kier alpha value is -1.93. The van der Waals surface area contributed by atoms with Crippen LogP contribution in [0.25, 0.3) is 0 Å². The van der Waals surface area contributed by atoms with Crippen molar-refractivity contribution in [3.8, 4) is 0 Å². The number of hydrogen-bond donors (Lipinski definition) is 2. The first-order chi connectivity index (χ1) is 9.95. The molecule has 8 heteroatoms. The Bertz CT molecular complexity index is 654. The van der Waals surface area contributed by atoms with Gasteiger partial charge in [0.25, 0.3) is 0 Å². The van der Waals surface area contributed by atoms with Crippen LogP contribution in [-0.2, 0) is 4.79 Å². The highest BCUT2D eigenvalue weighted by Crippen LogP contribution is 2.29. The Morgan fingerprint density at radius 2 is 1.95 bits per heavy atom. The molecule has 1 heterocycles. The summed E-state index contributed by atoms with van der Waals surface area (Å²) in [7, 11) is 0. The lowest BCUT2D eigenvalue weighted by molar-refractivity contribution is -0.114. The molecule has 1 amide bonds. The minimum Gasteiger partial charge on any atom is -0.374 e. The van der Waals surface area contributed by atoms with Gasteiger partial charge in [-0.2, -0.15) is 0 Å². The molecule has 21 heavy (non-hydrogen) atoms. The number of nitrogens with zero attached hydrogens (tertiary/aromatic N) is 2. The fraction of sp³-hybridized carbons (Fsp3) is 0.231. The molecule has 1 aromatic carbocycles. The number of thioether (sulfide) groups is 1. The number of carbonyl (C=O) groups is 2. The van der Waals surface area contributed by atoms with Crippen LogP contribution in [0.1, 0.15) is 24.2 Å². The highest BCUT2D eigenvalue weighted by Gasteiger charge is 2.18. The van der Waals surface area contributed by atoms with Crippen molar-refractivity contribution in [1.29, 1.82) is 0 Å². The Kier molecular flexibility index (Phi) is 4.92. The van der Waals surface area contributed by atoms with Gasteiger partial charge in [0.1, 0.15) is 0 Å². The Labute approximate surface area is 130 Å². The molecule has 0 bridgehead atoms. The number of nitrogens with two attached hydrogens (primary N) is 1. The molecule has 0 spiro atoms. The number of rotatable bonds is 5. The van der Waals surface area contributed by atoms with Gasteiger partial charge in [-0.1, -0.05) is 23.1 Å². The van der Waals surface area contributed by atoms with Crippen molar-refractivity contribution in [3.05, 3.63) is 29.8 Å². The minimum absolute atomic E-state index is 0.0110. The van der Waals surface area contributed by atoms with Gasteiger partial charge in [-0.05, 0) is 31.2 Å². The van der Waals surface area contributed by atoms with Crippen LogP contribution in [0, 0.1) is 0 Å². The summed E-state index contributed by atoms with van der Waals surface area (Å²) < 4.78 is 0.670. The number of carbonyl (C=O) groups excluding carboxylic acids is 2. The maximum atomic E-state index is 12.3. The third-order valence-corrected chi connectivity index (χ3v) is 4.50. The average Bonchev–Trinajstić information content (AvgIpc) is 2.83. The number of nitrogen functional groups attached to an aromatic ring is 1. The zero-order valence-electron chi connectivity index (χ0n) is 11.5. The fourth-order valence-corrected chi connectivity index (χ4v) is 3.49. The van der Waals surface area contributed by atoms with Crippen LogP contribution in [0.15, 0.2) is 28.6 Å². The van der Waals surface area contributed by atoms with Crippen LogP contribution in [0.2, 0.25) is 0 Å². The van der Waals surface area contributed by atoms with E-state index in [1.807, 2.05) is 6.92 Å². The van der Waals surface area contributed by atoms with Gasteiger partial charge in [0, 0.05) is 18.2 Å². The van der Waals surface area contributed by atoms with Gasteiger partial charge in [0.05, 0.1) is 5.25 Å². The lowest BCUT2D eigenvalue weighted by Gasteiger charge is -2.09. The highest BCUT2D eigenvalue weighted by atomic mass is 32.2. The van der Waals surface area contributed by atoms with Crippen molar-refractivity contribution >= 4 is 45.6 Å². The van der Waals surface area contributed by atoms with Crippen LogP contribution in [0.3, 0.4) is 0 Å². The predicted molar refractivity (Wildman–Crippen MR) is 84.7 cm³/mol. The fourth-order valence-electron chi connectivity index (χ4n) is 1.63. The Balaban J connectivity index is 2.03. The zero-order chi connectivity index (χ0) is 15.4. The van der Waals surface area contributed by atoms with E-state index in [0.717, 1.165) is 0 Å². The number of amides is 1. The van der Waals surface area contributed by atoms with E-state index in [0.29, 0.717) is 20.7 Å². The van der Waals surface area contributed by atoms with Crippen molar-refractivity contribution < 1.29 is 9.59 Å². The summed E-state index contributed by atoms with van der Waals surface area (Å²) in [5, 5.41) is 10.4. The molecular weight excluding hydrogens is 308 g/mol. The summed E-state index contributed by atoms with van der Waals surface area (Å²) in [5.41, 5.74) is 6.76. The number of nitrogens with one attached hydrogen (secondary N) is 1. The normalized spacial score (nSPS) is 11.9. The molecule has 0 radical (unpaired) electrons. The molecule has 0 saturated heterocycles. The first-order valence-corrected chi connectivity index (χ1v) is 7.83. The molecule has 1 atom stereocenters. The van der Waals surface area contributed by atoms with Crippen molar-refractivity contribution in [1.82, 2.24) is 10.2 Å². The molecule has 0 unspecified atom stereocenters. The molecule has 3 N–H and O–H groups in total. The topological polar surface area (TPSA) is 98.0 Å². The third-order valence-electron chi connectivity index (χ3n) is 2.56. The second-order valence-electron chi connectivity index (χ2n) is 4.29. The minimum atomic E-state index is -0.288. The van der Waals surface area contributed by atoms with Crippen molar-refractivity contribution in [2.24, 2.45) is 0 Å². The zero-order valence-corrected chi connectivity index (χ0v) is 13.1. The molecule has 0 aliphatic heterocycles. The molecule has 1 aromatic heterocycles. The van der Waals surface area contributed by atoms with E-state index >= 15 is 0 Å². The Morgan fingerprint density at radius 1 is 1.29 bits per heavy atom. The standard InChI is InChI=1S/C13H14N4O2S2/c1-7(20-13-17-16-12(14)21-13)11(19)9-3-5-10(6-4-9)15-8(2)18/h3-7H,1-2H3,(H2,14,16)(H,15,18)/t7-/m1/s1. The monoisotopic (exact) mass is 322 g/mol. The molecule has 0 saturated carbocycles. The van der Waals surface area contributed by atoms with E-state index in [1.54, 1.807) is 24.3 Å². The lowest BCUT2D eigenvalue weighted by atomic mass is 10.1. The van der Waals surface area contributed by atoms with Gasteiger partial charge in [0.15, 0.2) is 10.1 Å². The summed E-state index contributed by atoms with van der Waals surface area (Å²) in [6.45, 7) is 3.25. The SMILES string of the molecule is CC(=O)Nc1ccc(C(=O)[C@@H](C)Sc2nnc(N)s2)cc1. The molecular formula is C13H14N4O2S2. The summed E-state index contributed by atoms with van der Waals surface area (Å²) in [6, 6.07) is 6.79. The van der Waals surface area contributed by atoms with Crippen molar-refractivity contribution in [2.45, 2.75) is 23.4 Å². The largest absolute Gasteiger partial charge is 0.374 e. The molecule has 2 rings (SSSR count). The summed E-state index contributed by atoms with van der Waals surface area (Å²) >= 11 is 2.58. The number of ketones is 1. The third kappa shape index (κ3) is 4.27. The van der Waals surface area contributed by atoms with E-state index in [4.69, 9.17) is 5.73 Å². The summed E-state index contributed by atoms with van der Waals surface area (Å²) in [4.78, 5) is 23.2. The number of benzene rings is 1. The van der Waals surface area contributed by atoms with Gasteiger partial charge < -0.3 is 11.1 Å². The first kappa shape index (κ1) is 15.5. The molecule has 110 valence electrons. The number of Topliss-reactive ketones (excluding diaryl/α,β-unsaturated/α-hetero) is 1. The molecule has 0 fully saturated rings. The molecule has 2 aromatic rings. The van der Waals surface area contributed by atoms with Gasteiger partial charge in [-0.25, -0.2) is 0 Å².